The number of nitrogens with two attached hydrogens (primary N) is 1. The van der Waals surface area contributed by atoms with Gasteiger partial charge in [-0.3, -0.25) is 9.78 Å². The minimum Gasteiger partial charge on any atom is -0.495 e. The molecule has 2 aromatic carbocycles. The zero-order chi connectivity index (χ0) is 22.7. The monoisotopic (exact) mass is 432 g/mol. The number of amides is 1. The predicted octanol–water partition coefficient (Wildman–Crippen LogP) is 2.13. The topological polar surface area (TPSA) is 115 Å². The fourth-order valence-corrected chi connectivity index (χ4v) is 5.51. The van der Waals surface area contributed by atoms with Crippen LogP contribution >= 0.6 is 0 Å². The highest BCUT2D eigenvalue weighted by molar-refractivity contribution is 5.81. The summed E-state index contributed by atoms with van der Waals surface area (Å²) in [4.78, 5) is 16.9. The maximum absolute atomic E-state index is 12.7. The highest BCUT2D eigenvalue weighted by Crippen LogP contribution is 2.69. The smallest absolute Gasteiger partial charge is 0.224 e. The molecule has 1 fully saturated rings. The number of aromatic nitrogens is 1. The summed E-state index contributed by atoms with van der Waals surface area (Å²) in [6.07, 6.45) is 1.38. The molecular formula is C25H24N2O5. The average Bonchev–Trinajstić information content (AvgIpc) is 3.18. The Labute approximate surface area is 185 Å². The predicted molar refractivity (Wildman–Crippen MR) is 116 cm³/mol. The third-order valence-corrected chi connectivity index (χ3v) is 6.85. The van der Waals surface area contributed by atoms with Crippen molar-refractivity contribution in [3.8, 4) is 11.5 Å². The number of carbonyl (C=O) groups excluding carboxylic acids is 1. The molecule has 164 valence electrons. The molecule has 1 aliphatic carbocycles. The zero-order valence-electron chi connectivity index (χ0n) is 17.7. The number of fused-ring (bicyclic) bond motifs is 3. The number of primary amides is 1. The molecule has 5 rings (SSSR count). The third kappa shape index (κ3) is 2.43. The van der Waals surface area contributed by atoms with E-state index in [1.54, 1.807) is 0 Å². The Morgan fingerprint density at radius 2 is 1.81 bits per heavy atom. The molecule has 7 heteroatoms. The van der Waals surface area contributed by atoms with Crippen LogP contribution in [0.4, 0.5) is 0 Å². The van der Waals surface area contributed by atoms with Crippen LogP contribution in [0.3, 0.4) is 0 Å². The van der Waals surface area contributed by atoms with E-state index < -0.39 is 35.0 Å². The number of pyridine rings is 1. The van der Waals surface area contributed by atoms with Crippen LogP contribution < -0.4 is 15.2 Å². The molecule has 32 heavy (non-hydrogen) atoms. The van der Waals surface area contributed by atoms with Crippen molar-refractivity contribution in [2.75, 3.05) is 7.11 Å². The molecule has 1 aliphatic heterocycles. The average molecular weight is 432 g/mol. The summed E-state index contributed by atoms with van der Waals surface area (Å²) < 4.78 is 12.0. The third-order valence-electron chi connectivity index (χ3n) is 6.85. The number of hydrogen-bond donors (Lipinski definition) is 3. The van der Waals surface area contributed by atoms with Crippen molar-refractivity contribution in [2.45, 2.75) is 30.1 Å². The van der Waals surface area contributed by atoms with Crippen molar-refractivity contribution in [3.05, 3.63) is 89.2 Å². The van der Waals surface area contributed by atoms with E-state index in [0.29, 0.717) is 11.1 Å². The van der Waals surface area contributed by atoms with E-state index in [0.717, 1.165) is 5.56 Å². The molecule has 0 unspecified atom stereocenters. The molecule has 1 amide bonds. The lowest BCUT2D eigenvalue weighted by Crippen LogP contribution is -2.52. The van der Waals surface area contributed by atoms with Crippen molar-refractivity contribution in [1.29, 1.82) is 0 Å². The van der Waals surface area contributed by atoms with Crippen molar-refractivity contribution in [2.24, 2.45) is 11.7 Å². The number of aliphatic hydroxyl groups excluding tert-OH is 1. The second kappa shape index (κ2) is 7.05. The zero-order valence-corrected chi connectivity index (χ0v) is 17.7. The lowest BCUT2D eigenvalue weighted by atomic mass is 9.70. The number of ether oxygens (including phenoxy) is 2. The van der Waals surface area contributed by atoms with E-state index in [9.17, 15) is 15.0 Å². The minimum absolute atomic E-state index is 0.257. The van der Waals surface area contributed by atoms with E-state index in [1.165, 1.54) is 19.5 Å². The van der Waals surface area contributed by atoms with Gasteiger partial charge < -0.3 is 25.4 Å². The number of nitrogens with zero attached hydrogens (tertiary/aromatic N) is 1. The summed E-state index contributed by atoms with van der Waals surface area (Å²) in [5.41, 5.74) is 4.86. The number of benzene rings is 2. The Bertz CT molecular complexity index is 1180. The number of rotatable bonds is 4. The van der Waals surface area contributed by atoms with Gasteiger partial charge in [0.05, 0.1) is 31.0 Å². The van der Waals surface area contributed by atoms with Crippen LogP contribution in [0.5, 0.6) is 11.5 Å². The van der Waals surface area contributed by atoms with Crippen LogP contribution in [0.25, 0.3) is 0 Å². The largest absolute Gasteiger partial charge is 0.495 e. The summed E-state index contributed by atoms with van der Waals surface area (Å²) in [7, 11) is 1.45. The van der Waals surface area contributed by atoms with Gasteiger partial charge in [-0.1, -0.05) is 60.2 Å². The summed E-state index contributed by atoms with van der Waals surface area (Å²) >= 11 is 0. The molecular weight excluding hydrogens is 408 g/mol. The first-order valence-corrected chi connectivity index (χ1v) is 10.4. The van der Waals surface area contributed by atoms with E-state index >= 15 is 0 Å². The minimum atomic E-state index is -2.02. The number of methoxy groups -OCH3 is 1. The Hall–Kier alpha value is -3.42. The van der Waals surface area contributed by atoms with Gasteiger partial charge in [0.15, 0.2) is 11.2 Å². The molecule has 7 nitrogen and oxygen atoms in total. The highest BCUT2D eigenvalue weighted by Gasteiger charge is 2.77. The molecule has 0 spiro atoms. The number of hydrogen-bond acceptors (Lipinski definition) is 6. The Morgan fingerprint density at radius 1 is 1.12 bits per heavy atom. The number of carbonyl (C=O) groups is 1. The lowest BCUT2D eigenvalue weighted by Gasteiger charge is -2.40. The first-order valence-electron chi connectivity index (χ1n) is 10.4. The molecule has 5 atom stereocenters. The normalized spacial score (nSPS) is 30.3. The van der Waals surface area contributed by atoms with Gasteiger partial charge >= 0.3 is 0 Å². The standard InChI is InChI=1S/C25H24N2O5/c1-14-8-10-16(11-9-14)25-20(15-6-4-3-5-7-15)19(23(26)29)22(28)24(25,30)21-17(31-2)12-27-13-18(21)32-25/h3-13,19-20,22,28,30H,1-2H3,(H2,26,29)/t19-,20-,22-,24+,25+/m1/s1. The van der Waals surface area contributed by atoms with Gasteiger partial charge in [-0.2, -0.15) is 0 Å². The lowest BCUT2D eigenvalue weighted by molar-refractivity contribution is -0.154. The SMILES string of the molecule is COc1cncc2c1[C@]1(O)[C@H](O)[C@H](C(N)=O)[C@@H](c3ccccc3)[C@]1(c1ccc(C)cc1)O2. The summed E-state index contributed by atoms with van der Waals surface area (Å²) in [5.74, 6) is -2.07. The van der Waals surface area contributed by atoms with Gasteiger partial charge in [-0.25, -0.2) is 0 Å². The Balaban J connectivity index is 1.89. The molecule has 4 N–H and O–H groups in total. The Kier molecular flexibility index (Phi) is 4.51. The first-order chi connectivity index (χ1) is 15.4. The molecule has 2 heterocycles. The van der Waals surface area contributed by atoms with E-state index in [2.05, 4.69) is 4.98 Å². The van der Waals surface area contributed by atoms with Crippen LogP contribution in [0.2, 0.25) is 0 Å². The second-order valence-corrected chi connectivity index (χ2v) is 8.45. The van der Waals surface area contributed by atoms with Crippen molar-refractivity contribution in [3.63, 3.8) is 0 Å². The molecule has 0 bridgehead atoms. The quantitative estimate of drug-likeness (QED) is 0.582. The van der Waals surface area contributed by atoms with Crippen molar-refractivity contribution >= 4 is 5.91 Å². The highest BCUT2D eigenvalue weighted by atomic mass is 16.5. The van der Waals surface area contributed by atoms with E-state index in [1.807, 2.05) is 61.5 Å². The van der Waals surface area contributed by atoms with E-state index in [4.69, 9.17) is 15.2 Å². The first kappa shape index (κ1) is 20.5. The summed E-state index contributed by atoms with van der Waals surface area (Å²) in [5, 5.41) is 24.0. The van der Waals surface area contributed by atoms with Gasteiger partial charge in [0, 0.05) is 5.92 Å². The van der Waals surface area contributed by atoms with Crippen molar-refractivity contribution in [1.82, 2.24) is 4.98 Å². The van der Waals surface area contributed by atoms with Crippen molar-refractivity contribution < 1.29 is 24.5 Å². The second-order valence-electron chi connectivity index (χ2n) is 8.45. The fourth-order valence-electron chi connectivity index (χ4n) is 5.51. The number of aryl methyl sites for hydroxylation is 1. The fraction of sp³-hybridized carbons (Fsp3) is 0.280. The maximum Gasteiger partial charge on any atom is 0.224 e. The van der Waals surface area contributed by atoms with E-state index in [-0.39, 0.29) is 17.1 Å². The summed E-state index contributed by atoms with van der Waals surface area (Å²) in [6.45, 7) is 1.95. The number of aliphatic hydroxyl groups is 2. The van der Waals surface area contributed by atoms with Gasteiger partial charge in [-0.05, 0) is 18.1 Å². The molecule has 0 saturated heterocycles. The van der Waals surface area contributed by atoms with Crippen LogP contribution in [-0.4, -0.2) is 34.3 Å². The molecule has 3 aromatic rings. The van der Waals surface area contributed by atoms with Gasteiger partial charge in [0.2, 0.25) is 5.91 Å². The molecule has 1 aromatic heterocycles. The van der Waals surface area contributed by atoms with Crippen LogP contribution in [0.1, 0.15) is 28.2 Å². The molecule has 0 radical (unpaired) electrons. The summed E-state index contributed by atoms with van der Waals surface area (Å²) in [6, 6.07) is 16.7. The molecule has 1 saturated carbocycles. The van der Waals surface area contributed by atoms with Gasteiger partial charge in [-0.15, -0.1) is 0 Å². The Morgan fingerprint density at radius 3 is 2.44 bits per heavy atom. The molecule has 2 aliphatic rings. The van der Waals surface area contributed by atoms with Crippen LogP contribution in [-0.2, 0) is 16.0 Å². The van der Waals surface area contributed by atoms with Gasteiger partial charge in [0.1, 0.15) is 17.6 Å². The maximum atomic E-state index is 12.7. The van der Waals surface area contributed by atoms with Gasteiger partial charge in [0.25, 0.3) is 0 Å². The van der Waals surface area contributed by atoms with Crippen LogP contribution in [0.15, 0.2) is 67.0 Å². The van der Waals surface area contributed by atoms with Crippen LogP contribution in [0, 0.1) is 12.8 Å².